The molecule has 0 unspecified atom stereocenters. The highest BCUT2D eigenvalue weighted by atomic mass is 19.1. The zero-order chi connectivity index (χ0) is 11.3. The van der Waals surface area contributed by atoms with Gasteiger partial charge in [0.2, 0.25) is 0 Å². The van der Waals surface area contributed by atoms with Crippen molar-refractivity contribution in [1.82, 2.24) is 5.32 Å². The van der Waals surface area contributed by atoms with Crippen molar-refractivity contribution in [1.29, 1.82) is 0 Å². The molecule has 2 rings (SSSR count). The van der Waals surface area contributed by atoms with E-state index >= 15 is 0 Å². The molecule has 0 radical (unpaired) electrons. The first kappa shape index (κ1) is 12.3. The van der Waals surface area contributed by atoms with Gasteiger partial charge in [0, 0.05) is 12.6 Å². The lowest BCUT2D eigenvalue weighted by atomic mass is 9.86. The topological polar surface area (TPSA) is 12.0 Å². The third-order valence-corrected chi connectivity index (χ3v) is 4.31. The number of hydrogen-bond acceptors (Lipinski definition) is 1. The lowest BCUT2D eigenvalue weighted by molar-refractivity contribution is 0.100. The molecule has 2 heteroatoms. The van der Waals surface area contributed by atoms with Crippen molar-refractivity contribution in [2.45, 2.75) is 82.3 Å². The Morgan fingerprint density at radius 3 is 2.06 bits per heavy atom. The van der Waals surface area contributed by atoms with Crippen molar-refractivity contribution in [2.75, 3.05) is 6.54 Å². The van der Waals surface area contributed by atoms with Crippen LogP contribution < -0.4 is 5.32 Å². The minimum Gasteiger partial charge on any atom is -0.311 e. The van der Waals surface area contributed by atoms with E-state index in [2.05, 4.69) is 5.32 Å². The average molecular weight is 227 g/mol. The normalized spacial score (nSPS) is 27.6. The van der Waals surface area contributed by atoms with Crippen LogP contribution >= 0.6 is 0 Å². The van der Waals surface area contributed by atoms with Crippen LogP contribution in [0.3, 0.4) is 0 Å². The predicted octanol–water partition coefficient (Wildman–Crippen LogP) is 3.97. The molecule has 0 bridgehead atoms. The van der Waals surface area contributed by atoms with E-state index in [0.717, 1.165) is 25.7 Å². The third kappa shape index (κ3) is 3.73. The van der Waals surface area contributed by atoms with Gasteiger partial charge in [0.15, 0.2) is 0 Å². The summed E-state index contributed by atoms with van der Waals surface area (Å²) in [4.78, 5) is 0. The van der Waals surface area contributed by atoms with Crippen molar-refractivity contribution in [3.8, 4) is 0 Å². The van der Waals surface area contributed by atoms with E-state index < -0.39 is 5.67 Å². The molecular formula is C14H26FN. The zero-order valence-corrected chi connectivity index (χ0v) is 10.4. The van der Waals surface area contributed by atoms with Crippen LogP contribution in [0, 0.1) is 0 Å². The molecule has 1 N–H and O–H groups in total. The average Bonchev–Trinajstić information content (AvgIpc) is 2.56. The summed E-state index contributed by atoms with van der Waals surface area (Å²) in [5, 5.41) is 3.50. The molecule has 1 nitrogen and oxygen atoms in total. The molecule has 2 saturated carbocycles. The van der Waals surface area contributed by atoms with E-state index in [4.69, 9.17) is 0 Å². The summed E-state index contributed by atoms with van der Waals surface area (Å²) in [5.74, 6) is 0. The van der Waals surface area contributed by atoms with Crippen LogP contribution in [-0.4, -0.2) is 18.3 Å². The van der Waals surface area contributed by atoms with Crippen LogP contribution in [0.5, 0.6) is 0 Å². The molecule has 0 spiro atoms. The monoisotopic (exact) mass is 227 g/mol. The highest BCUT2D eigenvalue weighted by molar-refractivity contribution is 4.86. The van der Waals surface area contributed by atoms with Gasteiger partial charge in [-0.1, -0.05) is 44.9 Å². The molecule has 0 saturated heterocycles. The van der Waals surface area contributed by atoms with Crippen LogP contribution in [0.25, 0.3) is 0 Å². The van der Waals surface area contributed by atoms with Crippen LogP contribution in [0.2, 0.25) is 0 Å². The van der Waals surface area contributed by atoms with E-state index in [9.17, 15) is 4.39 Å². The second-order valence-corrected chi connectivity index (χ2v) is 5.78. The molecule has 0 heterocycles. The van der Waals surface area contributed by atoms with Crippen molar-refractivity contribution in [2.24, 2.45) is 0 Å². The fourth-order valence-corrected chi connectivity index (χ4v) is 3.17. The molecule has 2 fully saturated rings. The zero-order valence-electron chi connectivity index (χ0n) is 10.4. The van der Waals surface area contributed by atoms with Gasteiger partial charge in [0.05, 0.1) is 0 Å². The Hall–Kier alpha value is -0.110. The highest BCUT2D eigenvalue weighted by Crippen LogP contribution is 2.31. The molecular weight excluding hydrogens is 201 g/mol. The van der Waals surface area contributed by atoms with Gasteiger partial charge in [0.1, 0.15) is 5.67 Å². The fourth-order valence-electron chi connectivity index (χ4n) is 3.17. The summed E-state index contributed by atoms with van der Waals surface area (Å²) in [7, 11) is 0. The van der Waals surface area contributed by atoms with E-state index in [0.29, 0.717) is 12.6 Å². The van der Waals surface area contributed by atoms with Crippen molar-refractivity contribution in [3.63, 3.8) is 0 Å². The summed E-state index contributed by atoms with van der Waals surface area (Å²) < 4.78 is 14.4. The van der Waals surface area contributed by atoms with Crippen molar-refractivity contribution < 1.29 is 4.39 Å². The molecule has 16 heavy (non-hydrogen) atoms. The number of nitrogens with one attached hydrogen (secondary N) is 1. The maximum Gasteiger partial charge on any atom is 0.123 e. The fraction of sp³-hybridized carbons (Fsp3) is 1.00. The van der Waals surface area contributed by atoms with Crippen LogP contribution in [0.4, 0.5) is 4.39 Å². The van der Waals surface area contributed by atoms with Gasteiger partial charge in [-0.3, -0.25) is 0 Å². The maximum atomic E-state index is 14.4. The first-order valence-corrected chi connectivity index (χ1v) is 7.21. The first-order valence-electron chi connectivity index (χ1n) is 7.21. The molecule has 0 atom stereocenters. The van der Waals surface area contributed by atoms with Gasteiger partial charge in [0.25, 0.3) is 0 Å². The Morgan fingerprint density at radius 1 is 0.875 bits per heavy atom. The molecule has 2 aliphatic rings. The van der Waals surface area contributed by atoms with Gasteiger partial charge in [-0.05, 0) is 25.7 Å². The summed E-state index contributed by atoms with van der Waals surface area (Å²) in [6, 6.07) is 0.594. The van der Waals surface area contributed by atoms with Gasteiger partial charge in [-0.2, -0.15) is 0 Å². The molecule has 0 amide bonds. The smallest absolute Gasteiger partial charge is 0.123 e. The number of rotatable bonds is 3. The second kappa shape index (κ2) is 6.00. The van der Waals surface area contributed by atoms with Crippen molar-refractivity contribution >= 4 is 0 Å². The summed E-state index contributed by atoms with van der Waals surface area (Å²) in [6.07, 6.45) is 12.9. The van der Waals surface area contributed by atoms with Crippen LogP contribution in [0.15, 0.2) is 0 Å². The Balaban J connectivity index is 1.72. The quantitative estimate of drug-likeness (QED) is 0.719. The van der Waals surface area contributed by atoms with Crippen LogP contribution in [0.1, 0.15) is 70.6 Å². The van der Waals surface area contributed by atoms with Crippen LogP contribution in [-0.2, 0) is 0 Å². The summed E-state index contributed by atoms with van der Waals surface area (Å²) in [6.45, 7) is 0.609. The van der Waals surface area contributed by atoms with Gasteiger partial charge >= 0.3 is 0 Å². The number of hydrogen-bond donors (Lipinski definition) is 1. The Bertz CT molecular complexity index is 191. The van der Waals surface area contributed by atoms with E-state index in [-0.39, 0.29) is 0 Å². The van der Waals surface area contributed by atoms with Gasteiger partial charge in [-0.15, -0.1) is 0 Å². The van der Waals surface area contributed by atoms with Gasteiger partial charge < -0.3 is 5.32 Å². The predicted molar refractivity (Wildman–Crippen MR) is 66.4 cm³/mol. The van der Waals surface area contributed by atoms with E-state index in [1.54, 1.807) is 0 Å². The minimum absolute atomic E-state index is 0.594. The molecule has 0 aromatic heterocycles. The molecule has 0 aromatic rings. The number of alkyl halides is 1. The van der Waals surface area contributed by atoms with Crippen molar-refractivity contribution in [3.05, 3.63) is 0 Å². The van der Waals surface area contributed by atoms with E-state index in [1.165, 1.54) is 44.9 Å². The Labute approximate surface area is 99.2 Å². The second-order valence-electron chi connectivity index (χ2n) is 5.78. The van der Waals surface area contributed by atoms with Gasteiger partial charge in [-0.25, -0.2) is 4.39 Å². The molecule has 94 valence electrons. The van der Waals surface area contributed by atoms with E-state index in [1.807, 2.05) is 0 Å². The lowest BCUT2D eigenvalue weighted by Crippen LogP contribution is -2.42. The number of halogens is 1. The molecule has 2 aliphatic carbocycles. The highest BCUT2D eigenvalue weighted by Gasteiger charge is 2.31. The summed E-state index contributed by atoms with van der Waals surface area (Å²) in [5.41, 5.74) is -0.884. The summed E-state index contributed by atoms with van der Waals surface area (Å²) >= 11 is 0. The largest absolute Gasteiger partial charge is 0.311 e. The maximum absolute atomic E-state index is 14.4. The lowest BCUT2D eigenvalue weighted by Gasteiger charge is -2.31. The SMILES string of the molecule is FC1(CNC2CCCCCC2)CCCCC1. The Kier molecular flexibility index (Phi) is 4.63. The standard InChI is InChI=1S/C14H26FN/c15-14(10-6-3-7-11-14)12-16-13-8-4-1-2-5-9-13/h13,16H,1-12H2. The molecule has 0 aliphatic heterocycles. The first-order chi connectivity index (χ1) is 7.79. The molecule has 0 aromatic carbocycles. The Morgan fingerprint density at radius 2 is 1.44 bits per heavy atom. The third-order valence-electron chi connectivity index (χ3n) is 4.31. The minimum atomic E-state index is -0.884.